The molecule has 0 radical (unpaired) electrons. The van der Waals surface area contributed by atoms with E-state index in [1.165, 1.54) is 0 Å². The number of aromatic nitrogens is 1. The van der Waals surface area contributed by atoms with E-state index in [-0.39, 0.29) is 14.6 Å². The zero-order valence-electron chi connectivity index (χ0n) is 6.01. The maximum atomic E-state index is 13.0. The van der Waals surface area contributed by atoms with E-state index < -0.39 is 17.5 Å². The Hall–Kier alpha value is -0.750. The fourth-order valence-electron chi connectivity index (χ4n) is 0.973. The van der Waals surface area contributed by atoms with Crippen LogP contribution in [0.25, 0.3) is 10.2 Å². The summed E-state index contributed by atoms with van der Waals surface area (Å²) in [4.78, 5) is 3.56. The molecule has 13 heavy (non-hydrogen) atoms. The Morgan fingerprint density at radius 2 is 1.92 bits per heavy atom. The summed E-state index contributed by atoms with van der Waals surface area (Å²) >= 11 is 4.70. The predicted molar refractivity (Wildman–Crippen MR) is 46.7 cm³/mol. The average Bonchev–Trinajstić information content (AvgIpc) is 2.44. The fraction of sp³-hybridized carbons (Fsp3) is 0. The van der Waals surface area contributed by atoms with E-state index in [0.717, 1.165) is 11.3 Å². The number of fused-ring (bicyclic) bond motifs is 1. The van der Waals surface area contributed by atoms with Crippen molar-refractivity contribution in [3.8, 4) is 0 Å². The van der Waals surface area contributed by atoms with Gasteiger partial charge in [0.25, 0.3) is 0 Å². The molecule has 0 aliphatic rings. The zero-order valence-corrected chi connectivity index (χ0v) is 7.72. The molecular formula is C7H2F3NS2. The van der Waals surface area contributed by atoms with E-state index in [1.54, 1.807) is 0 Å². The first-order valence-electron chi connectivity index (χ1n) is 3.22. The Morgan fingerprint density at radius 1 is 1.23 bits per heavy atom. The lowest BCUT2D eigenvalue weighted by Gasteiger charge is -1.93. The third kappa shape index (κ3) is 1.30. The molecular weight excluding hydrogens is 219 g/mol. The summed E-state index contributed by atoms with van der Waals surface area (Å²) in [5.74, 6) is -3.18. The molecule has 1 aromatic carbocycles. The molecule has 0 saturated carbocycles. The van der Waals surface area contributed by atoms with E-state index in [1.807, 2.05) is 0 Å². The normalized spacial score (nSPS) is 11.1. The summed E-state index contributed by atoms with van der Waals surface area (Å²) in [6.07, 6.45) is 0. The van der Waals surface area contributed by atoms with Crippen molar-refractivity contribution in [2.75, 3.05) is 0 Å². The van der Waals surface area contributed by atoms with Crippen molar-refractivity contribution in [1.29, 1.82) is 0 Å². The molecule has 6 heteroatoms. The molecule has 0 N–H and O–H groups in total. The minimum Gasteiger partial charge on any atom is -0.227 e. The standard InChI is InChI=1S/C7H2F3NS2/c8-2-1-3(9)6-5(4(2)10)11-7(12)13-6/h1H,(H,11,12). The maximum Gasteiger partial charge on any atom is 0.186 e. The van der Waals surface area contributed by atoms with Crippen molar-refractivity contribution in [2.24, 2.45) is 0 Å². The van der Waals surface area contributed by atoms with Crippen LogP contribution in [0, 0.1) is 17.5 Å². The van der Waals surface area contributed by atoms with E-state index >= 15 is 0 Å². The largest absolute Gasteiger partial charge is 0.227 e. The summed E-state index contributed by atoms with van der Waals surface area (Å²) < 4.78 is 38.8. The van der Waals surface area contributed by atoms with Crippen LogP contribution in [0.5, 0.6) is 0 Å². The number of thiol groups is 1. The second-order valence-corrected chi connectivity index (χ2v) is 4.05. The first kappa shape index (κ1) is 8.83. The van der Waals surface area contributed by atoms with Crippen molar-refractivity contribution in [2.45, 2.75) is 4.34 Å². The van der Waals surface area contributed by atoms with Gasteiger partial charge in [0.05, 0.1) is 4.70 Å². The molecule has 0 unspecified atom stereocenters. The van der Waals surface area contributed by atoms with Crippen LogP contribution in [-0.2, 0) is 0 Å². The Labute approximate surface area is 80.6 Å². The van der Waals surface area contributed by atoms with Gasteiger partial charge in [-0.2, -0.15) is 0 Å². The lowest BCUT2D eigenvalue weighted by atomic mass is 10.3. The summed E-state index contributed by atoms with van der Waals surface area (Å²) in [6, 6.07) is 0.503. The van der Waals surface area contributed by atoms with Crippen molar-refractivity contribution >= 4 is 34.2 Å². The minimum absolute atomic E-state index is 0.0103. The van der Waals surface area contributed by atoms with Crippen LogP contribution in [0.15, 0.2) is 10.4 Å². The van der Waals surface area contributed by atoms with Crippen LogP contribution in [0.1, 0.15) is 0 Å². The average molecular weight is 221 g/mol. The highest BCUT2D eigenvalue weighted by atomic mass is 32.2. The van der Waals surface area contributed by atoms with Gasteiger partial charge >= 0.3 is 0 Å². The maximum absolute atomic E-state index is 13.0. The molecule has 0 bridgehead atoms. The summed E-state index contributed by atoms with van der Waals surface area (Å²) in [5, 5.41) is 0. The second-order valence-electron chi connectivity index (χ2n) is 2.33. The van der Waals surface area contributed by atoms with Crippen LogP contribution in [0.4, 0.5) is 13.2 Å². The van der Waals surface area contributed by atoms with Gasteiger partial charge < -0.3 is 0 Å². The highest BCUT2D eigenvalue weighted by Crippen LogP contribution is 2.29. The zero-order chi connectivity index (χ0) is 9.59. The van der Waals surface area contributed by atoms with Crippen LogP contribution in [0.2, 0.25) is 0 Å². The van der Waals surface area contributed by atoms with E-state index in [2.05, 4.69) is 17.6 Å². The number of thiazole rings is 1. The van der Waals surface area contributed by atoms with Crippen LogP contribution in [-0.4, -0.2) is 4.98 Å². The lowest BCUT2D eigenvalue weighted by Crippen LogP contribution is -1.88. The molecule has 1 aromatic heterocycles. The van der Waals surface area contributed by atoms with E-state index in [4.69, 9.17) is 0 Å². The molecule has 0 aliphatic heterocycles. The number of benzene rings is 1. The van der Waals surface area contributed by atoms with Crippen LogP contribution < -0.4 is 0 Å². The molecule has 1 nitrogen and oxygen atoms in total. The van der Waals surface area contributed by atoms with Crippen molar-refractivity contribution in [3.05, 3.63) is 23.5 Å². The highest BCUT2D eigenvalue weighted by Gasteiger charge is 2.15. The van der Waals surface area contributed by atoms with Gasteiger partial charge in [-0.05, 0) is 0 Å². The first-order chi connectivity index (χ1) is 6.09. The van der Waals surface area contributed by atoms with Gasteiger partial charge in [-0.25, -0.2) is 18.2 Å². The molecule has 1 heterocycles. The SMILES string of the molecule is Fc1cc(F)c2sc(S)nc2c1F. The molecule has 68 valence electrons. The number of hydrogen-bond donors (Lipinski definition) is 1. The third-order valence-corrected chi connectivity index (χ3v) is 2.74. The number of nitrogens with zero attached hydrogens (tertiary/aromatic N) is 1. The molecule has 0 amide bonds. The predicted octanol–water partition coefficient (Wildman–Crippen LogP) is 3.00. The molecule has 0 aliphatic carbocycles. The molecule has 0 spiro atoms. The van der Waals surface area contributed by atoms with Gasteiger partial charge in [-0.3, -0.25) is 0 Å². The monoisotopic (exact) mass is 221 g/mol. The van der Waals surface area contributed by atoms with Crippen LogP contribution in [0.3, 0.4) is 0 Å². The van der Waals surface area contributed by atoms with Gasteiger partial charge in [0.1, 0.15) is 15.7 Å². The second kappa shape index (κ2) is 2.88. The summed E-state index contributed by atoms with van der Waals surface area (Å²) in [5.41, 5.74) is -0.299. The molecule has 2 aromatic rings. The molecule has 0 fully saturated rings. The molecule has 0 saturated heterocycles. The Morgan fingerprint density at radius 3 is 2.62 bits per heavy atom. The van der Waals surface area contributed by atoms with Gasteiger partial charge in [0.15, 0.2) is 11.6 Å². The van der Waals surface area contributed by atoms with Crippen molar-refractivity contribution in [3.63, 3.8) is 0 Å². The van der Waals surface area contributed by atoms with Gasteiger partial charge in [0, 0.05) is 6.07 Å². The van der Waals surface area contributed by atoms with Crippen molar-refractivity contribution < 1.29 is 13.2 Å². The minimum atomic E-state index is -1.23. The van der Waals surface area contributed by atoms with Crippen LogP contribution >= 0.6 is 24.0 Å². The topological polar surface area (TPSA) is 12.9 Å². The first-order valence-corrected chi connectivity index (χ1v) is 4.49. The highest BCUT2D eigenvalue weighted by molar-refractivity contribution is 7.82. The lowest BCUT2D eigenvalue weighted by molar-refractivity contribution is 0.504. The number of halogens is 3. The molecule has 0 atom stereocenters. The Kier molecular flexibility index (Phi) is 1.96. The summed E-state index contributed by atoms with van der Waals surface area (Å²) in [6.45, 7) is 0. The Bertz CT molecular complexity index is 480. The third-order valence-electron chi connectivity index (χ3n) is 1.50. The molecule has 2 rings (SSSR count). The van der Waals surface area contributed by atoms with E-state index in [9.17, 15) is 13.2 Å². The van der Waals surface area contributed by atoms with Gasteiger partial charge in [0.2, 0.25) is 0 Å². The van der Waals surface area contributed by atoms with E-state index in [0.29, 0.717) is 6.07 Å². The van der Waals surface area contributed by atoms with Crippen molar-refractivity contribution in [1.82, 2.24) is 4.98 Å². The summed E-state index contributed by atoms with van der Waals surface area (Å²) in [7, 11) is 0. The Balaban J connectivity index is 2.95. The smallest absolute Gasteiger partial charge is 0.186 e. The quantitative estimate of drug-likeness (QED) is 0.533. The number of rotatable bonds is 0. The van der Waals surface area contributed by atoms with Gasteiger partial charge in [-0.15, -0.1) is 24.0 Å². The number of hydrogen-bond acceptors (Lipinski definition) is 3. The fourth-order valence-corrected chi connectivity index (χ4v) is 2.05. The van der Waals surface area contributed by atoms with Gasteiger partial charge in [-0.1, -0.05) is 0 Å².